The minimum Gasteiger partial charge on any atom is -0.336 e. The molecule has 32 heavy (non-hydrogen) atoms. The van der Waals surface area contributed by atoms with Crippen LogP contribution in [-0.4, -0.2) is 48.7 Å². The van der Waals surface area contributed by atoms with Gasteiger partial charge in [-0.25, -0.2) is 8.42 Å². The van der Waals surface area contributed by atoms with Crippen molar-refractivity contribution in [2.45, 2.75) is 75.1 Å². The molecule has 5 nitrogen and oxygen atoms in total. The Hall–Kier alpha value is -1.11. The quantitative estimate of drug-likeness (QED) is 0.639. The first-order valence-corrected chi connectivity index (χ1v) is 14.1. The van der Waals surface area contributed by atoms with Crippen LogP contribution in [-0.2, 0) is 14.8 Å². The number of amides is 1. The Kier molecular flexibility index (Phi) is 4.82. The molecule has 1 aromatic carbocycles. The second-order valence-electron chi connectivity index (χ2n) is 11.4. The van der Waals surface area contributed by atoms with Crippen molar-refractivity contribution in [3.63, 3.8) is 0 Å². The Balaban J connectivity index is 1.28. The van der Waals surface area contributed by atoms with E-state index in [0.717, 1.165) is 43.6 Å². The summed E-state index contributed by atoms with van der Waals surface area (Å²) in [5.41, 5.74) is 0.0861. The topological polar surface area (TPSA) is 57.7 Å². The van der Waals surface area contributed by atoms with E-state index in [2.05, 4.69) is 4.90 Å². The molecule has 1 atom stereocenters. The number of carbonyl (C=O) groups is 1. The van der Waals surface area contributed by atoms with Crippen LogP contribution in [0, 0.1) is 30.1 Å². The van der Waals surface area contributed by atoms with E-state index in [4.69, 9.17) is 11.6 Å². The monoisotopic (exact) mass is 476 g/mol. The number of benzene rings is 1. The standard InChI is InChI=1S/C25H33ClN2O3S/c1-17-21(26)4-2-5-22(17)32(30,31)27-8-3-6-24(16-27)7-9-28(23(24)29)25-13-18-10-19(14-25)12-20(11-18)15-25/h2,4-5,18-20H,3,6-16H2,1H3. The van der Waals surface area contributed by atoms with Crippen molar-refractivity contribution in [1.29, 1.82) is 0 Å². The number of rotatable bonds is 3. The average molecular weight is 477 g/mol. The molecular formula is C25H33ClN2O3S. The van der Waals surface area contributed by atoms with Crippen LogP contribution < -0.4 is 0 Å². The highest BCUT2D eigenvalue weighted by Gasteiger charge is 2.60. The van der Waals surface area contributed by atoms with E-state index >= 15 is 0 Å². The lowest BCUT2D eigenvalue weighted by Gasteiger charge is -2.60. The van der Waals surface area contributed by atoms with Crippen LogP contribution in [0.3, 0.4) is 0 Å². The lowest BCUT2D eigenvalue weighted by atomic mass is 9.52. The van der Waals surface area contributed by atoms with Crippen LogP contribution in [0.5, 0.6) is 0 Å². The fourth-order valence-electron chi connectivity index (χ4n) is 8.35. The van der Waals surface area contributed by atoms with Gasteiger partial charge in [-0.2, -0.15) is 4.31 Å². The van der Waals surface area contributed by atoms with Gasteiger partial charge in [0.2, 0.25) is 15.9 Å². The molecule has 174 valence electrons. The summed E-state index contributed by atoms with van der Waals surface area (Å²) in [5.74, 6) is 2.61. The maximum absolute atomic E-state index is 14.0. The van der Waals surface area contributed by atoms with E-state index in [1.165, 1.54) is 38.5 Å². The van der Waals surface area contributed by atoms with E-state index in [1.54, 1.807) is 29.4 Å². The zero-order valence-electron chi connectivity index (χ0n) is 18.9. The third kappa shape index (κ3) is 3.05. The van der Waals surface area contributed by atoms with Crippen molar-refractivity contribution >= 4 is 27.5 Å². The summed E-state index contributed by atoms with van der Waals surface area (Å²) in [5, 5.41) is 0.461. The minimum absolute atomic E-state index is 0.0556. The molecule has 6 aliphatic rings. The predicted molar refractivity (Wildman–Crippen MR) is 124 cm³/mol. The van der Waals surface area contributed by atoms with Gasteiger partial charge in [-0.15, -0.1) is 0 Å². The number of piperidine rings is 1. The summed E-state index contributed by atoms with van der Waals surface area (Å²) in [7, 11) is -3.69. The smallest absolute Gasteiger partial charge is 0.243 e. The number of carbonyl (C=O) groups excluding carboxylic acids is 1. The number of sulfonamides is 1. The Morgan fingerprint density at radius 2 is 1.66 bits per heavy atom. The van der Waals surface area contributed by atoms with Crippen molar-refractivity contribution in [1.82, 2.24) is 9.21 Å². The van der Waals surface area contributed by atoms with Gasteiger partial charge in [0.05, 0.1) is 10.3 Å². The summed E-state index contributed by atoms with van der Waals surface area (Å²) in [6, 6.07) is 5.05. The highest BCUT2D eigenvalue weighted by Crippen LogP contribution is 2.59. The van der Waals surface area contributed by atoms with E-state index < -0.39 is 15.4 Å². The summed E-state index contributed by atoms with van der Waals surface area (Å²) in [4.78, 5) is 16.5. The number of nitrogens with zero attached hydrogens (tertiary/aromatic N) is 2. The molecule has 4 bridgehead atoms. The minimum atomic E-state index is -3.69. The van der Waals surface area contributed by atoms with E-state index in [0.29, 0.717) is 23.7 Å². The van der Waals surface area contributed by atoms with Gasteiger partial charge < -0.3 is 4.90 Å². The second kappa shape index (κ2) is 7.19. The molecule has 2 heterocycles. The molecule has 1 spiro atoms. The highest BCUT2D eigenvalue weighted by atomic mass is 35.5. The van der Waals surface area contributed by atoms with Gasteiger partial charge in [0, 0.05) is 30.2 Å². The number of halogens is 1. The average Bonchev–Trinajstić information content (AvgIpc) is 3.05. The second-order valence-corrected chi connectivity index (χ2v) is 13.7. The van der Waals surface area contributed by atoms with Gasteiger partial charge in [-0.3, -0.25) is 4.79 Å². The van der Waals surface area contributed by atoms with Gasteiger partial charge in [-0.05, 0) is 100 Å². The molecule has 1 aromatic rings. The van der Waals surface area contributed by atoms with Crippen molar-refractivity contribution in [3.05, 3.63) is 28.8 Å². The summed E-state index contributed by atoms with van der Waals surface area (Å²) in [6.07, 6.45) is 9.91. The summed E-state index contributed by atoms with van der Waals surface area (Å²) >= 11 is 6.23. The van der Waals surface area contributed by atoms with Crippen molar-refractivity contribution in [2.24, 2.45) is 23.2 Å². The molecule has 1 amide bonds. The number of hydrogen-bond donors (Lipinski definition) is 0. The molecular weight excluding hydrogens is 444 g/mol. The van der Waals surface area contributed by atoms with Gasteiger partial charge in [0.25, 0.3) is 0 Å². The maximum Gasteiger partial charge on any atom is 0.243 e. The van der Waals surface area contributed by atoms with Crippen molar-refractivity contribution in [2.75, 3.05) is 19.6 Å². The highest BCUT2D eigenvalue weighted by molar-refractivity contribution is 7.89. The molecule has 6 fully saturated rings. The Morgan fingerprint density at radius 1 is 1.00 bits per heavy atom. The largest absolute Gasteiger partial charge is 0.336 e. The summed E-state index contributed by atoms with van der Waals surface area (Å²) < 4.78 is 28.7. The van der Waals surface area contributed by atoms with Crippen LogP contribution in [0.4, 0.5) is 0 Å². The fraction of sp³-hybridized carbons (Fsp3) is 0.720. The molecule has 4 aliphatic carbocycles. The maximum atomic E-state index is 14.0. The molecule has 0 N–H and O–H groups in total. The predicted octanol–water partition coefficient (Wildman–Crippen LogP) is 4.62. The Labute approximate surface area is 196 Å². The van der Waals surface area contributed by atoms with Crippen molar-refractivity contribution < 1.29 is 13.2 Å². The van der Waals surface area contributed by atoms with Gasteiger partial charge in [0.1, 0.15) is 0 Å². The van der Waals surface area contributed by atoms with Crippen LogP contribution in [0.25, 0.3) is 0 Å². The van der Waals surface area contributed by atoms with Crippen molar-refractivity contribution in [3.8, 4) is 0 Å². The lowest BCUT2D eigenvalue weighted by Crippen LogP contribution is -2.62. The SMILES string of the molecule is Cc1c(Cl)cccc1S(=O)(=O)N1CCCC2(CCN(C34CC5CC(CC(C5)C3)C4)C2=O)C1. The third-order valence-electron chi connectivity index (χ3n) is 9.47. The van der Waals surface area contributed by atoms with E-state index in [-0.39, 0.29) is 16.3 Å². The Morgan fingerprint density at radius 3 is 2.31 bits per heavy atom. The van der Waals surface area contributed by atoms with Gasteiger partial charge in [-0.1, -0.05) is 17.7 Å². The molecule has 7 heteroatoms. The summed E-state index contributed by atoms with van der Waals surface area (Å²) in [6.45, 7) is 3.34. The van der Waals surface area contributed by atoms with Crippen LogP contribution in [0.1, 0.15) is 63.4 Å². The zero-order valence-corrected chi connectivity index (χ0v) is 20.4. The normalized spacial score (nSPS) is 39.4. The lowest BCUT2D eigenvalue weighted by molar-refractivity contribution is -0.153. The first-order chi connectivity index (χ1) is 15.2. The molecule has 1 unspecified atom stereocenters. The van der Waals surface area contributed by atoms with Gasteiger partial charge >= 0.3 is 0 Å². The molecule has 4 saturated carbocycles. The molecule has 7 rings (SSSR count). The third-order valence-corrected chi connectivity index (χ3v) is 11.9. The van der Waals surface area contributed by atoms with Gasteiger partial charge in [0.15, 0.2) is 0 Å². The van der Waals surface area contributed by atoms with E-state index in [1.807, 2.05) is 0 Å². The van der Waals surface area contributed by atoms with Crippen LogP contribution >= 0.6 is 11.6 Å². The Bertz CT molecular complexity index is 1040. The molecule has 2 saturated heterocycles. The first kappa shape index (κ1) is 21.4. The number of hydrogen-bond acceptors (Lipinski definition) is 3. The number of likely N-dealkylation sites (tertiary alicyclic amines) is 1. The van der Waals surface area contributed by atoms with Crippen LogP contribution in [0.2, 0.25) is 5.02 Å². The molecule has 0 radical (unpaired) electrons. The fourth-order valence-corrected chi connectivity index (χ4v) is 10.4. The molecule has 2 aliphatic heterocycles. The van der Waals surface area contributed by atoms with Crippen LogP contribution in [0.15, 0.2) is 23.1 Å². The zero-order chi connectivity index (χ0) is 22.3. The van der Waals surface area contributed by atoms with E-state index in [9.17, 15) is 13.2 Å². The first-order valence-electron chi connectivity index (χ1n) is 12.3. The molecule has 0 aromatic heterocycles.